The lowest BCUT2D eigenvalue weighted by molar-refractivity contribution is 0.0555. The highest BCUT2D eigenvalue weighted by atomic mass is 16.5. The number of carbonyl (C=O) groups is 1. The zero-order valence-electron chi connectivity index (χ0n) is 13.4. The minimum Gasteiger partial charge on any atom is -0.472 e. The first kappa shape index (κ1) is 15.6. The lowest BCUT2D eigenvalue weighted by atomic mass is 9.87. The molecule has 2 aliphatic rings. The number of hydrogen-bond acceptors (Lipinski definition) is 4. The van der Waals surface area contributed by atoms with Crippen LogP contribution >= 0.6 is 0 Å². The van der Waals surface area contributed by atoms with Gasteiger partial charge in [-0.15, -0.1) is 0 Å². The molecule has 0 aliphatic carbocycles. The number of ether oxygens (including phenoxy) is 1. The van der Waals surface area contributed by atoms with E-state index in [9.17, 15) is 4.79 Å². The van der Waals surface area contributed by atoms with Gasteiger partial charge in [-0.2, -0.15) is 0 Å². The lowest BCUT2D eigenvalue weighted by Crippen LogP contribution is -2.47. The molecule has 1 aromatic rings. The van der Waals surface area contributed by atoms with Gasteiger partial charge in [0.2, 0.25) is 0 Å². The van der Waals surface area contributed by atoms with E-state index < -0.39 is 0 Å². The van der Waals surface area contributed by atoms with Gasteiger partial charge in [0.25, 0.3) is 5.91 Å². The third kappa shape index (κ3) is 3.06. The summed E-state index contributed by atoms with van der Waals surface area (Å²) in [5.41, 5.74) is 0.734. The number of amides is 1. The Hall–Kier alpha value is -1.33. The van der Waals surface area contributed by atoms with Crippen LogP contribution in [-0.2, 0) is 4.74 Å². The van der Waals surface area contributed by atoms with Crippen molar-refractivity contribution in [3.8, 4) is 0 Å². The first-order valence-corrected chi connectivity index (χ1v) is 8.31. The molecule has 0 saturated carbocycles. The second-order valence-electron chi connectivity index (χ2n) is 6.48. The normalized spacial score (nSPS) is 26.5. The summed E-state index contributed by atoms with van der Waals surface area (Å²) in [4.78, 5) is 17.4. The van der Waals surface area contributed by atoms with Crippen molar-refractivity contribution in [2.45, 2.75) is 37.6 Å². The molecule has 122 valence electrons. The molecule has 0 unspecified atom stereocenters. The Kier molecular flexibility index (Phi) is 4.84. The number of methoxy groups -OCH3 is 1. The van der Waals surface area contributed by atoms with Crippen molar-refractivity contribution in [1.82, 2.24) is 9.80 Å². The standard InChI is InChI=1S/C17H26N2O3/c1-21-13-11-18-8-2-5-17(7-10-18)6-3-9-19(17)16(20)15-4-12-22-14-15/h4,12,14H,2-3,5-11,13H2,1H3/t17-/m1/s1. The fraction of sp³-hybridized carbons (Fsp3) is 0.706. The van der Waals surface area contributed by atoms with E-state index in [1.54, 1.807) is 25.7 Å². The Bertz CT molecular complexity index is 488. The van der Waals surface area contributed by atoms with Crippen LogP contribution in [0, 0.1) is 0 Å². The maximum absolute atomic E-state index is 12.8. The molecule has 1 spiro atoms. The summed E-state index contributed by atoms with van der Waals surface area (Å²) in [6, 6.07) is 1.77. The molecule has 1 aromatic heterocycles. The second kappa shape index (κ2) is 6.84. The maximum Gasteiger partial charge on any atom is 0.257 e. The first-order chi connectivity index (χ1) is 10.7. The van der Waals surface area contributed by atoms with Gasteiger partial charge in [0.1, 0.15) is 6.26 Å². The molecule has 1 atom stereocenters. The molecule has 0 radical (unpaired) electrons. The van der Waals surface area contributed by atoms with Gasteiger partial charge in [0.15, 0.2) is 0 Å². The van der Waals surface area contributed by atoms with E-state index in [4.69, 9.17) is 9.15 Å². The highest BCUT2D eigenvalue weighted by molar-refractivity contribution is 5.94. The van der Waals surface area contributed by atoms with Crippen LogP contribution in [0.4, 0.5) is 0 Å². The minimum absolute atomic E-state index is 0.0518. The van der Waals surface area contributed by atoms with E-state index in [0.29, 0.717) is 5.56 Å². The number of hydrogen-bond donors (Lipinski definition) is 0. The van der Waals surface area contributed by atoms with Crippen molar-refractivity contribution in [2.24, 2.45) is 0 Å². The number of nitrogens with zero attached hydrogens (tertiary/aromatic N) is 2. The fourth-order valence-corrected chi connectivity index (χ4v) is 4.00. The third-order valence-corrected chi connectivity index (χ3v) is 5.23. The topological polar surface area (TPSA) is 45.9 Å². The zero-order valence-corrected chi connectivity index (χ0v) is 13.4. The number of furan rings is 1. The van der Waals surface area contributed by atoms with E-state index in [2.05, 4.69) is 9.80 Å². The van der Waals surface area contributed by atoms with Crippen LogP contribution in [0.1, 0.15) is 42.5 Å². The van der Waals surface area contributed by atoms with Crippen LogP contribution in [-0.4, -0.2) is 61.1 Å². The largest absolute Gasteiger partial charge is 0.472 e. The van der Waals surface area contributed by atoms with Crippen molar-refractivity contribution in [1.29, 1.82) is 0 Å². The summed E-state index contributed by atoms with van der Waals surface area (Å²) in [5, 5.41) is 0. The van der Waals surface area contributed by atoms with Gasteiger partial charge in [-0.3, -0.25) is 4.79 Å². The average Bonchev–Trinajstić information content (AvgIpc) is 3.14. The van der Waals surface area contributed by atoms with Crippen LogP contribution in [0.15, 0.2) is 23.0 Å². The summed E-state index contributed by atoms with van der Waals surface area (Å²) >= 11 is 0. The predicted octanol–water partition coefficient (Wildman–Crippen LogP) is 2.39. The van der Waals surface area contributed by atoms with Crippen molar-refractivity contribution >= 4 is 5.91 Å². The average molecular weight is 306 g/mol. The monoisotopic (exact) mass is 306 g/mol. The predicted molar refractivity (Wildman–Crippen MR) is 83.9 cm³/mol. The molecular weight excluding hydrogens is 280 g/mol. The van der Waals surface area contributed by atoms with E-state index >= 15 is 0 Å². The molecule has 0 bridgehead atoms. The maximum atomic E-state index is 12.8. The van der Waals surface area contributed by atoms with Crippen molar-refractivity contribution in [2.75, 3.05) is 39.9 Å². The fourth-order valence-electron chi connectivity index (χ4n) is 4.00. The van der Waals surface area contributed by atoms with E-state index in [-0.39, 0.29) is 11.4 Å². The SMILES string of the molecule is COCCN1CCC[C@@]2(CCCN2C(=O)c2ccoc2)CC1. The summed E-state index contributed by atoms with van der Waals surface area (Å²) in [5.74, 6) is 0.136. The first-order valence-electron chi connectivity index (χ1n) is 8.31. The van der Waals surface area contributed by atoms with E-state index in [1.807, 2.05) is 0 Å². The highest BCUT2D eigenvalue weighted by Crippen LogP contribution is 2.39. The molecule has 2 aliphatic heterocycles. The summed E-state index contributed by atoms with van der Waals surface area (Å²) < 4.78 is 10.3. The van der Waals surface area contributed by atoms with E-state index in [1.165, 1.54) is 0 Å². The van der Waals surface area contributed by atoms with Crippen LogP contribution < -0.4 is 0 Å². The lowest BCUT2D eigenvalue weighted by Gasteiger charge is -2.38. The van der Waals surface area contributed by atoms with Crippen LogP contribution in [0.25, 0.3) is 0 Å². The van der Waals surface area contributed by atoms with Crippen molar-refractivity contribution in [3.05, 3.63) is 24.2 Å². The summed E-state index contributed by atoms with van der Waals surface area (Å²) in [6.45, 7) is 4.81. The second-order valence-corrected chi connectivity index (χ2v) is 6.48. The van der Waals surface area contributed by atoms with Gasteiger partial charge >= 0.3 is 0 Å². The minimum atomic E-state index is 0.0518. The molecule has 3 rings (SSSR count). The quantitative estimate of drug-likeness (QED) is 0.857. The van der Waals surface area contributed by atoms with Gasteiger partial charge in [0.05, 0.1) is 18.4 Å². The van der Waals surface area contributed by atoms with Crippen LogP contribution in [0.5, 0.6) is 0 Å². The Labute approximate surface area is 132 Å². The van der Waals surface area contributed by atoms with Crippen molar-refractivity contribution in [3.63, 3.8) is 0 Å². The molecule has 0 aromatic carbocycles. The molecule has 22 heavy (non-hydrogen) atoms. The Morgan fingerprint density at radius 2 is 2.09 bits per heavy atom. The molecule has 5 heteroatoms. The highest BCUT2D eigenvalue weighted by Gasteiger charge is 2.44. The van der Waals surface area contributed by atoms with Gasteiger partial charge < -0.3 is 19.0 Å². The van der Waals surface area contributed by atoms with Gasteiger partial charge in [-0.25, -0.2) is 0 Å². The molecule has 3 heterocycles. The Balaban J connectivity index is 1.70. The molecule has 0 N–H and O–H groups in total. The third-order valence-electron chi connectivity index (χ3n) is 5.23. The Morgan fingerprint density at radius 1 is 1.27 bits per heavy atom. The summed E-state index contributed by atoms with van der Waals surface area (Å²) in [6.07, 6.45) is 8.72. The van der Waals surface area contributed by atoms with Crippen LogP contribution in [0.2, 0.25) is 0 Å². The number of rotatable bonds is 4. The van der Waals surface area contributed by atoms with E-state index in [0.717, 1.165) is 64.9 Å². The van der Waals surface area contributed by atoms with Gasteiger partial charge in [0, 0.05) is 32.3 Å². The molecule has 5 nitrogen and oxygen atoms in total. The molecular formula is C17H26N2O3. The Morgan fingerprint density at radius 3 is 2.82 bits per heavy atom. The number of likely N-dealkylation sites (tertiary alicyclic amines) is 2. The van der Waals surface area contributed by atoms with Crippen molar-refractivity contribution < 1.29 is 13.9 Å². The van der Waals surface area contributed by atoms with Gasteiger partial charge in [-0.05, 0) is 44.7 Å². The summed E-state index contributed by atoms with van der Waals surface area (Å²) in [7, 11) is 1.75. The smallest absolute Gasteiger partial charge is 0.257 e. The van der Waals surface area contributed by atoms with Crippen LogP contribution in [0.3, 0.4) is 0 Å². The van der Waals surface area contributed by atoms with Gasteiger partial charge in [-0.1, -0.05) is 0 Å². The molecule has 2 saturated heterocycles. The molecule has 2 fully saturated rings. The molecule has 1 amide bonds. The zero-order chi connectivity index (χ0) is 15.4. The number of carbonyl (C=O) groups excluding carboxylic acids is 1.